The summed E-state index contributed by atoms with van der Waals surface area (Å²) < 4.78 is 28.0. The van der Waals surface area contributed by atoms with Crippen molar-refractivity contribution in [2.75, 3.05) is 26.2 Å². The number of ether oxygens (including phenoxy) is 2. The predicted molar refractivity (Wildman–Crippen MR) is 119 cm³/mol. The number of fused-ring (bicyclic) bond motifs is 2. The molecule has 1 saturated carbocycles. The molecule has 168 valence electrons. The largest absolute Gasteiger partial charge is 0.507 e. The molecular formula is C24H24ClFN2O4. The number of amides is 1. The highest BCUT2D eigenvalue weighted by atomic mass is 35.5. The molecule has 5 rings (SSSR count). The van der Waals surface area contributed by atoms with E-state index >= 15 is 4.39 Å². The molecule has 1 amide bonds. The fraction of sp³-hybridized carbons (Fsp3) is 0.375. The third kappa shape index (κ3) is 3.80. The number of phenolic OH excluding ortho intramolecular Hbond substituents is 1. The van der Waals surface area contributed by atoms with Crippen molar-refractivity contribution in [2.24, 2.45) is 0 Å². The van der Waals surface area contributed by atoms with Gasteiger partial charge in [0.2, 0.25) is 5.91 Å². The Balaban J connectivity index is 1.55. The fourth-order valence-electron chi connectivity index (χ4n) is 4.37. The summed E-state index contributed by atoms with van der Waals surface area (Å²) in [6.07, 6.45) is 3.16. The Morgan fingerprint density at radius 1 is 1.31 bits per heavy atom. The van der Waals surface area contributed by atoms with Crippen molar-refractivity contribution in [1.29, 1.82) is 0 Å². The van der Waals surface area contributed by atoms with E-state index in [9.17, 15) is 9.90 Å². The Kier molecular flexibility index (Phi) is 5.47. The Hall–Kier alpha value is -2.77. The number of halogens is 2. The zero-order valence-electron chi connectivity index (χ0n) is 17.5. The van der Waals surface area contributed by atoms with Crippen molar-refractivity contribution in [2.45, 2.75) is 31.5 Å². The van der Waals surface area contributed by atoms with Crippen LogP contribution in [0.15, 0.2) is 36.9 Å². The zero-order valence-corrected chi connectivity index (χ0v) is 18.3. The van der Waals surface area contributed by atoms with E-state index in [1.165, 1.54) is 12.1 Å². The van der Waals surface area contributed by atoms with Crippen LogP contribution in [0, 0.1) is 5.82 Å². The molecule has 1 aliphatic carbocycles. The van der Waals surface area contributed by atoms with Crippen LogP contribution in [0.5, 0.6) is 17.2 Å². The first-order chi connectivity index (χ1) is 15.5. The monoisotopic (exact) mass is 458 g/mol. The van der Waals surface area contributed by atoms with Crippen molar-refractivity contribution in [3.8, 4) is 28.4 Å². The van der Waals surface area contributed by atoms with Gasteiger partial charge in [0.1, 0.15) is 18.1 Å². The molecule has 8 heteroatoms. The number of benzene rings is 2. The Morgan fingerprint density at radius 3 is 2.84 bits per heavy atom. The van der Waals surface area contributed by atoms with Crippen LogP contribution < -0.4 is 9.47 Å². The molecule has 0 radical (unpaired) electrons. The first-order valence-electron chi connectivity index (χ1n) is 10.7. The third-order valence-corrected chi connectivity index (χ3v) is 6.52. The van der Waals surface area contributed by atoms with Crippen molar-refractivity contribution in [3.63, 3.8) is 0 Å². The van der Waals surface area contributed by atoms with Gasteiger partial charge in [0, 0.05) is 37.3 Å². The molecule has 1 N–H and O–H groups in total. The average molecular weight is 459 g/mol. The second kappa shape index (κ2) is 8.30. The number of rotatable bonds is 4. The molecule has 0 unspecified atom stereocenters. The van der Waals surface area contributed by atoms with Crippen molar-refractivity contribution in [3.05, 3.63) is 53.3 Å². The quantitative estimate of drug-likeness (QED) is 0.702. The lowest BCUT2D eigenvalue weighted by Gasteiger charge is -2.39. The summed E-state index contributed by atoms with van der Waals surface area (Å²) in [4.78, 5) is 16.0. The van der Waals surface area contributed by atoms with Gasteiger partial charge in [0.05, 0.1) is 22.7 Å². The molecular weight excluding hydrogens is 435 g/mol. The number of nitrogens with zero attached hydrogens (tertiary/aromatic N) is 2. The summed E-state index contributed by atoms with van der Waals surface area (Å²) in [6.45, 7) is 6.00. The van der Waals surface area contributed by atoms with Gasteiger partial charge in [0.15, 0.2) is 11.6 Å². The van der Waals surface area contributed by atoms with Crippen molar-refractivity contribution in [1.82, 2.24) is 9.80 Å². The van der Waals surface area contributed by atoms with Crippen LogP contribution in [-0.4, -0.2) is 59.2 Å². The molecule has 6 nitrogen and oxygen atoms in total. The van der Waals surface area contributed by atoms with E-state index in [1.807, 2.05) is 0 Å². The van der Waals surface area contributed by atoms with E-state index in [-0.39, 0.29) is 52.3 Å². The van der Waals surface area contributed by atoms with E-state index in [0.29, 0.717) is 37.5 Å². The summed E-state index contributed by atoms with van der Waals surface area (Å²) >= 11 is 6.36. The first kappa shape index (κ1) is 21.1. The molecule has 2 aromatic carbocycles. The van der Waals surface area contributed by atoms with E-state index in [4.69, 9.17) is 21.1 Å². The summed E-state index contributed by atoms with van der Waals surface area (Å²) in [7, 11) is 0. The summed E-state index contributed by atoms with van der Waals surface area (Å²) in [5.74, 6) is -0.343. The van der Waals surface area contributed by atoms with Gasteiger partial charge in [-0.05, 0) is 37.1 Å². The van der Waals surface area contributed by atoms with Crippen LogP contribution in [0.4, 0.5) is 4.39 Å². The highest BCUT2D eigenvalue weighted by molar-refractivity contribution is 6.33. The smallest absolute Gasteiger partial charge is 0.246 e. The van der Waals surface area contributed by atoms with Gasteiger partial charge in [-0.25, -0.2) is 4.39 Å². The molecule has 32 heavy (non-hydrogen) atoms. The van der Waals surface area contributed by atoms with Crippen molar-refractivity contribution < 1.29 is 23.8 Å². The molecule has 2 aromatic rings. The van der Waals surface area contributed by atoms with Gasteiger partial charge >= 0.3 is 0 Å². The standard InChI is InChI=1S/C24H24ClFN2O4/c1-2-20(30)28-9-8-27-11-14-10-19(32-16-6-7-16)22(21-17(25)4-3-5-18(21)29)23(26)24(14)31-13-15(27)12-28/h2-5,10,15-16,29H,1,6-9,11-13H2/t15-/m1/s1. The second-order valence-corrected chi connectivity index (χ2v) is 8.83. The molecule has 1 atom stereocenters. The number of carbonyl (C=O) groups excluding carboxylic acids is 1. The van der Waals surface area contributed by atoms with Gasteiger partial charge < -0.3 is 19.5 Å². The van der Waals surface area contributed by atoms with Crippen LogP contribution in [0.25, 0.3) is 11.1 Å². The van der Waals surface area contributed by atoms with E-state index < -0.39 is 5.82 Å². The van der Waals surface area contributed by atoms with Crippen LogP contribution >= 0.6 is 11.6 Å². The minimum absolute atomic E-state index is 0.0312. The summed E-state index contributed by atoms with van der Waals surface area (Å²) in [5, 5.41) is 10.7. The van der Waals surface area contributed by atoms with Crippen LogP contribution in [-0.2, 0) is 11.3 Å². The lowest BCUT2D eigenvalue weighted by Crippen LogP contribution is -2.55. The molecule has 2 fully saturated rings. The van der Waals surface area contributed by atoms with Crippen LogP contribution in [0.3, 0.4) is 0 Å². The zero-order chi connectivity index (χ0) is 22.4. The Bertz CT molecular complexity index is 1070. The minimum atomic E-state index is -0.597. The topological polar surface area (TPSA) is 62.2 Å². The summed E-state index contributed by atoms with van der Waals surface area (Å²) in [5.41, 5.74) is 0.986. The molecule has 2 heterocycles. The number of hydrogen-bond donors (Lipinski definition) is 1. The Labute approximate surface area is 190 Å². The molecule has 0 bridgehead atoms. The van der Waals surface area contributed by atoms with E-state index in [2.05, 4.69) is 11.5 Å². The van der Waals surface area contributed by atoms with Crippen LogP contribution in [0.2, 0.25) is 5.02 Å². The van der Waals surface area contributed by atoms with Gasteiger partial charge in [-0.1, -0.05) is 24.2 Å². The maximum atomic E-state index is 16.0. The van der Waals surface area contributed by atoms with Gasteiger partial charge in [-0.15, -0.1) is 0 Å². The molecule has 0 spiro atoms. The minimum Gasteiger partial charge on any atom is -0.507 e. The van der Waals surface area contributed by atoms with Gasteiger partial charge in [-0.2, -0.15) is 0 Å². The Morgan fingerprint density at radius 2 is 2.12 bits per heavy atom. The second-order valence-electron chi connectivity index (χ2n) is 8.43. The highest BCUT2D eigenvalue weighted by Crippen LogP contribution is 2.48. The molecule has 3 aliphatic rings. The predicted octanol–water partition coefficient (Wildman–Crippen LogP) is 3.98. The normalized spacial score (nSPS) is 20.6. The number of carbonyl (C=O) groups is 1. The molecule has 2 aliphatic heterocycles. The number of piperazine rings is 1. The first-order valence-corrected chi connectivity index (χ1v) is 11.1. The lowest BCUT2D eigenvalue weighted by molar-refractivity contribution is -0.129. The van der Waals surface area contributed by atoms with E-state index in [0.717, 1.165) is 12.8 Å². The van der Waals surface area contributed by atoms with Crippen LogP contribution in [0.1, 0.15) is 18.4 Å². The maximum Gasteiger partial charge on any atom is 0.246 e. The molecule has 1 saturated heterocycles. The van der Waals surface area contributed by atoms with Gasteiger partial charge in [-0.3, -0.25) is 9.69 Å². The van der Waals surface area contributed by atoms with E-state index in [1.54, 1.807) is 23.1 Å². The van der Waals surface area contributed by atoms with Gasteiger partial charge in [0.25, 0.3) is 0 Å². The SMILES string of the molecule is C=CC(=O)N1CCN2Cc3cc(OC4CC4)c(-c4c(O)cccc4Cl)c(F)c3OC[C@H]2C1. The van der Waals surface area contributed by atoms with Crippen molar-refractivity contribution >= 4 is 17.5 Å². The third-order valence-electron chi connectivity index (χ3n) is 6.21. The maximum absolute atomic E-state index is 16.0. The highest BCUT2D eigenvalue weighted by Gasteiger charge is 2.36. The molecule has 0 aromatic heterocycles. The lowest BCUT2D eigenvalue weighted by atomic mass is 9.99. The summed E-state index contributed by atoms with van der Waals surface area (Å²) in [6, 6.07) is 6.42. The number of hydrogen-bond acceptors (Lipinski definition) is 5. The number of aromatic hydroxyl groups is 1. The fourth-order valence-corrected chi connectivity index (χ4v) is 4.63. The average Bonchev–Trinajstić information content (AvgIpc) is 3.60. The number of phenols is 1.